The molecule has 1 amide bonds. The fourth-order valence-electron chi connectivity index (χ4n) is 2.83. The van der Waals surface area contributed by atoms with E-state index in [0.29, 0.717) is 27.2 Å². The lowest BCUT2D eigenvalue weighted by Crippen LogP contribution is -2.14. The maximum Gasteiger partial charge on any atom is 0.339 e. The first-order valence-corrected chi connectivity index (χ1v) is 9.14. The lowest BCUT2D eigenvalue weighted by atomic mass is 10.0. The molecule has 0 bridgehead atoms. The third-order valence-corrected chi connectivity index (χ3v) is 5.26. The number of nitrogens with one attached hydrogen (secondary N) is 2. The molecule has 0 aliphatic heterocycles. The van der Waals surface area contributed by atoms with Crippen molar-refractivity contribution in [1.29, 1.82) is 0 Å². The normalized spacial score (nSPS) is 10.9. The molecule has 134 valence electrons. The van der Waals surface area contributed by atoms with Gasteiger partial charge >= 0.3 is 5.97 Å². The number of carboxylic acid groups (broad SMARTS) is 1. The average molecular weight is 398 g/mol. The number of thiophene rings is 1. The van der Waals surface area contributed by atoms with Gasteiger partial charge in [-0.15, -0.1) is 11.3 Å². The van der Waals surface area contributed by atoms with Crippen LogP contribution < -0.4 is 5.32 Å². The first-order chi connectivity index (χ1) is 13.0. The van der Waals surface area contributed by atoms with Crippen LogP contribution >= 0.6 is 22.9 Å². The Morgan fingerprint density at radius 1 is 1.15 bits per heavy atom. The van der Waals surface area contributed by atoms with E-state index >= 15 is 0 Å². The summed E-state index contributed by atoms with van der Waals surface area (Å²) in [7, 11) is 0. The lowest BCUT2D eigenvalue weighted by molar-refractivity contribution is 0.0699. The molecule has 4 rings (SSSR count). The summed E-state index contributed by atoms with van der Waals surface area (Å²) in [6.07, 6.45) is 1.62. The van der Waals surface area contributed by atoms with Crippen LogP contribution in [0.4, 0.5) is 5.00 Å². The highest BCUT2D eigenvalue weighted by Gasteiger charge is 2.22. The van der Waals surface area contributed by atoms with Crippen molar-refractivity contribution < 1.29 is 14.7 Å². The van der Waals surface area contributed by atoms with Gasteiger partial charge in [-0.3, -0.25) is 9.89 Å². The number of carbonyl (C=O) groups is 2. The zero-order valence-electron chi connectivity index (χ0n) is 13.7. The van der Waals surface area contributed by atoms with Crippen LogP contribution in [-0.2, 0) is 0 Å². The first kappa shape index (κ1) is 17.3. The molecule has 0 saturated carbocycles. The molecule has 4 aromatic rings. The van der Waals surface area contributed by atoms with E-state index in [1.807, 2.05) is 6.07 Å². The number of hydrogen-bond donors (Lipinski definition) is 3. The molecule has 0 aliphatic rings. The number of aromatic carboxylic acids is 1. The average Bonchev–Trinajstić information content (AvgIpc) is 3.28. The third-order valence-electron chi connectivity index (χ3n) is 4.11. The summed E-state index contributed by atoms with van der Waals surface area (Å²) < 4.78 is 0. The lowest BCUT2D eigenvalue weighted by Gasteiger charge is -2.07. The van der Waals surface area contributed by atoms with E-state index < -0.39 is 11.9 Å². The molecular weight excluding hydrogens is 386 g/mol. The summed E-state index contributed by atoms with van der Waals surface area (Å²) in [4.78, 5) is 24.6. The van der Waals surface area contributed by atoms with Gasteiger partial charge in [0.15, 0.2) is 0 Å². The number of para-hydroxylation sites is 1. The van der Waals surface area contributed by atoms with Crippen molar-refractivity contribution in [3.63, 3.8) is 0 Å². The van der Waals surface area contributed by atoms with E-state index in [1.165, 1.54) is 0 Å². The number of carbonyl (C=O) groups excluding carboxylic acids is 1. The Balaban J connectivity index is 1.72. The van der Waals surface area contributed by atoms with Crippen molar-refractivity contribution in [2.24, 2.45) is 0 Å². The van der Waals surface area contributed by atoms with Crippen LogP contribution in [0.3, 0.4) is 0 Å². The molecule has 0 fully saturated rings. The number of carboxylic acids is 1. The van der Waals surface area contributed by atoms with Crippen LogP contribution in [0.2, 0.25) is 5.02 Å². The van der Waals surface area contributed by atoms with E-state index in [-0.39, 0.29) is 10.6 Å². The molecule has 3 N–H and O–H groups in total. The standard InChI is InChI=1S/C19H12ClN3O3S/c20-12-6-4-10(5-7-12)14-9-27-18(15(14)19(25)26)22-17(24)13-3-1-2-11-8-21-23-16(11)13/h1-9H,(H,21,23)(H,22,24)(H,25,26). The summed E-state index contributed by atoms with van der Waals surface area (Å²) in [5, 5.41) is 22.5. The molecular formula is C19H12ClN3O3S. The fraction of sp³-hybridized carbons (Fsp3) is 0. The number of nitrogens with zero attached hydrogens (tertiary/aromatic N) is 1. The number of rotatable bonds is 4. The molecule has 0 saturated heterocycles. The second-order valence-electron chi connectivity index (χ2n) is 5.76. The Morgan fingerprint density at radius 3 is 2.67 bits per heavy atom. The third kappa shape index (κ3) is 3.18. The molecule has 0 radical (unpaired) electrons. The number of hydrogen-bond acceptors (Lipinski definition) is 4. The number of aromatic amines is 1. The number of benzene rings is 2. The van der Waals surface area contributed by atoms with E-state index in [2.05, 4.69) is 15.5 Å². The van der Waals surface area contributed by atoms with Crippen LogP contribution in [0.1, 0.15) is 20.7 Å². The molecule has 0 unspecified atom stereocenters. The quantitative estimate of drug-likeness (QED) is 0.456. The van der Waals surface area contributed by atoms with E-state index in [0.717, 1.165) is 16.7 Å². The fourth-order valence-corrected chi connectivity index (χ4v) is 3.92. The van der Waals surface area contributed by atoms with Crippen LogP contribution in [0.25, 0.3) is 22.0 Å². The van der Waals surface area contributed by atoms with Crippen molar-refractivity contribution in [3.05, 3.63) is 70.2 Å². The Labute approximate surface area is 162 Å². The summed E-state index contributed by atoms with van der Waals surface area (Å²) in [5.74, 6) is -1.52. The summed E-state index contributed by atoms with van der Waals surface area (Å²) in [6.45, 7) is 0. The highest BCUT2D eigenvalue weighted by atomic mass is 35.5. The van der Waals surface area contributed by atoms with Gasteiger partial charge in [0.25, 0.3) is 5.91 Å². The zero-order valence-corrected chi connectivity index (χ0v) is 15.3. The van der Waals surface area contributed by atoms with Gasteiger partial charge in [-0.2, -0.15) is 5.10 Å². The molecule has 6 nitrogen and oxygen atoms in total. The van der Waals surface area contributed by atoms with Crippen molar-refractivity contribution in [1.82, 2.24) is 10.2 Å². The van der Waals surface area contributed by atoms with Crippen LogP contribution in [0.15, 0.2) is 54.0 Å². The van der Waals surface area contributed by atoms with E-state index in [1.54, 1.807) is 48.0 Å². The van der Waals surface area contributed by atoms with Crippen LogP contribution in [-0.4, -0.2) is 27.2 Å². The first-order valence-electron chi connectivity index (χ1n) is 7.89. The monoisotopic (exact) mass is 397 g/mol. The molecule has 2 heterocycles. The van der Waals surface area contributed by atoms with E-state index in [9.17, 15) is 14.7 Å². The largest absolute Gasteiger partial charge is 0.478 e. The van der Waals surface area contributed by atoms with Crippen molar-refractivity contribution >= 4 is 50.7 Å². The van der Waals surface area contributed by atoms with Gasteiger partial charge in [0.05, 0.1) is 17.3 Å². The smallest absolute Gasteiger partial charge is 0.339 e. The number of fused-ring (bicyclic) bond motifs is 1. The summed E-state index contributed by atoms with van der Waals surface area (Å²) >= 11 is 7.07. The van der Waals surface area contributed by atoms with E-state index in [4.69, 9.17) is 11.6 Å². The number of anilines is 1. The van der Waals surface area contributed by atoms with Gasteiger partial charge in [-0.1, -0.05) is 35.9 Å². The Morgan fingerprint density at radius 2 is 1.93 bits per heavy atom. The second-order valence-corrected chi connectivity index (χ2v) is 7.08. The minimum absolute atomic E-state index is 0.0486. The highest BCUT2D eigenvalue weighted by Crippen LogP contribution is 2.36. The molecule has 27 heavy (non-hydrogen) atoms. The van der Waals surface area contributed by atoms with Gasteiger partial charge in [-0.25, -0.2) is 4.79 Å². The van der Waals surface area contributed by atoms with Crippen molar-refractivity contribution in [2.75, 3.05) is 5.32 Å². The number of aromatic nitrogens is 2. The molecule has 2 aromatic carbocycles. The van der Waals surface area contributed by atoms with Gasteiger partial charge < -0.3 is 10.4 Å². The minimum atomic E-state index is -1.11. The number of H-pyrrole nitrogens is 1. The van der Waals surface area contributed by atoms with Gasteiger partial charge in [0.2, 0.25) is 0 Å². The SMILES string of the molecule is O=C(O)c1c(-c2ccc(Cl)cc2)csc1NC(=O)c1cccc2cn[nH]c12. The zero-order chi connectivity index (χ0) is 19.0. The van der Waals surface area contributed by atoms with Crippen LogP contribution in [0, 0.1) is 0 Å². The van der Waals surface area contributed by atoms with Gasteiger partial charge in [0.1, 0.15) is 10.6 Å². The summed E-state index contributed by atoms with van der Waals surface area (Å²) in [5.41, 5.74) is 2.28. The molecule has 0 spiro atoms. The van der Waals surface area contributed by atoms with Gasteiger partial charge in [0, 0.05) is 21.4 Å². The molecule has 0 aliphatic carbocycles. The second kappa shape index (κ2) is 6.86. The van der Waals surface area contributed by atoms with Crippen molar-refractivity contribution in [3.8, 4) is 11.1 Å². The Bertz CT molecular complexity index is 1160. The topological polar surface area (TPSA) is 95.1 Å². The molecule has 2 aromatic heterocycles. The number of halogens is 1. The highest BCUT2D eigenvalue weighted by molar-refractivity contribution is 7.15. The van der Waals surface area contributed by atoms with Crippen molar-refractivity contribution in [2.45, 2.75) is 0 Å². The Kier molecular flexibility index (Phi) is 4.39. The number of amides is 1. The predicted molar refractivity (Wildman–Crippen MR) is 106 cm³/mol. The maximum atomic E-state index is 12.7. The minimum Gasteiger partial charge on any atom is -0.478 e. The molecule has 8 heteroatoms. The van der Waals surface area contributed by atoms with Crippen LogP contribution in [0.5, 0.6) is 0 Å². The maximum absolute atomic E-state index is 12.7. The molecule has 0 atom stereocenters. The van der Waals surface area contributed by atoms with Gasteiger partial charge in [-0.05, 0) is 23.8 Å². The summed E-state index contributed by atoms with van der Waals surface area (Å²) in [6, 6.07) is 12.1. The Hall–Kier alpha value is -3.16. The predicted octanol–water partition coefficient (Wildman–Crippen LogP) is 4.90.